The zero-order valence-corrected chi connectivity index (χ0v) is 12.8. The highest BCUT2D eigenvalue weighted by atomic mass is 16.2. The first-order valence-electron chi connectivity index (χ1n) is 8.08. The monoisotopic (exact) mass is 278 g/mol. The summed E-state index contributed by atoms with van der Waals surface area (Å²) in [5.41, 5.74) is 0. The van der Waals surface area contributed by atoms with E-state index in [4.69, 9.17) is 0 Å². The minimum absolute atomic E-state index is 0.0228. The fourth-order valence-corrected chi connectivity index (χ4v) is 4.84. The second kappa shape index (κ2) is 5.05. The predicted octanol–water partition coefficient (Wildman–Crippen LogP) is 1.79. The van der Waals surface area contributed by atoms with Crippen molar-refractivity contribution < 1.29 is 9.59 Å². The molecule has 0 radical (unpaired) electrons. The van der Waals surface area contributed by atoms with E-state index >= 15 is 0 Å². The molecule has 2 aliphatic carbocycles. The lowest BCUT2D eigenvalue weighted by Crippen LogP contribution is -2.64. The summed E-state index contributed by atoms with van der Waals surface area (Å²) in [6.07, 6.45) is 5.29. The number of hydrogen-bond donors (Lipinski definition) is 1. The molecule has 2 bridgehead atoms. The number of hydrogen-bond acceptors (Lipinski definition) is 2. The Labute approximate surface area is 121 Å². The molecular formula is C16H26N2O2. The van der Waals surface area contributed by atoms with Crippen molar-refractivity contribution in [2.24, 2.45) is 23.7 Å². The summed E-state index contributed by atoms with van der Waals surface area (Å²) in [6.45, 7) is 6.40. The topological polar surface area (TPSA) is 49.4 Å². The maximum absolute atomic E-state index is 12.4. The van der Waals surface area contributed by atoms with E-state index in [-0.39, 0.29) is 36.4 Å². The van der Waals surface area contributed by atoms with Crippen LogP contribution in [0.15, 0.2) is 0 Å². The number of amides is 2. The second-order valence-corrected chi connectivity index (χ2v) is 7.29. The Morgan fingerprint density at radius 2 is 1.90 bits per heavy atom. The molecule has 112 valence electrons. The van der Waals surface area contributed by atoms with Crippen molar-refractivity contribution in [3.63, 3.8) is 0 Å². The highest BCUT2D eigenvalue weighted by molar-refractivity contribution is 5.95. The van der Waals surface area contributed by atoms with E-state index in [2.05, 4.69) is 12.2 Å². The van der Waals surface area contributed by atoms with Crippen LogP contribution < -0.4 is 5.32 Å². The Morgan fingerprint density at radius 1 is 1.15 bits per heavy atom. The molecule has 0 aromatic carbocycles. The SMILES string of the molecule is CC(C)C1C(=O)NCC(=O)N1C(C)C1CC2CCC1C2. The first kappa shape index (κ1) is 13.9. The predicted molar refractivity (Wildman–Crippen MR) is 76.9 cm³/mol. The van der Waals surface area contributed by atoms with Gasteiger partial charge in [-0.05, 0) is 49.9 Å². The molecule has 0 aromatic heterocycles. The van der Waals surface area contributed by atoms with E-state index in [9.17, 15) is 9.59 Å². The van der Waals surface area contributed by atoms with Crippen LogP contribution >= 0.6 is 0 Å². The fraction of sp³-hybridized carbons (Fsp3) is 0.875. The molecule has 1 aliphatic heterocycles. The normalized spacial score (nSPS) is 38.5. The van der Waals surface area contributed by atoms with Crippen LogP contribution in [-0.4, -0.2) is 35.3 Å². The van der Waals surface area contributed by atoms with Gasteiger partial charge in [0.2, 0.25) is 11.8 Å². The van der Waals surface area contributed by atoms with Gasteiger partial charge in [0.25, 0.3) is 0 Å². The Kier molecular flexibility index (Phi) is 3.51. The summed E-state index contributed by atoms with van der Waals surface area (Å²) >= 11 is 0. The molecule has 4 heteroatoms. The van der Waals surface area contributed by atoms with Gasteiger partial charge in [0.15, 0.2) is 0 Å². The van der Waals surface area contributed by atoms with E-state index < -0.39 is 0 Å². The molecule has 5 atom stereocenters. The molecule has 0 spiro atoms. The largest absolute Gasteiger partial charge is 0.345 e. The number of carbonyl (C=O) groups is 2. The van der Waals surface area contributed by atoms with Gasteiger partial charge in [-0.1, -0.05) is 20.3 Å². The van der Waals surface area contributed by atoms with Crippen LogP contribution in [-0.2, 0) is 9.59 Å². The number of nitrogens with one attached hydrogen (secondary N) is 1. The van der Waals surface area contributed by atoms with Gasteiger partial charge in [0.05, 0.1) is 6.54 Å². The van der Waals surface area contributed by atoms with Gasteiger partial charge in [-0.3, -0.25) is 9.59 Å². The maximum atomic E-state index is 12.4. The molecule has 1 saturated heterocycles. The first-order valence-corrected chi connectivity index (χ1v) is 8.08. The smallest absolute Gasteiger partial charge is 0.243 e. The summed E-state index contributed by atoms with van der Waals surface area (Å²) in [5.74, 6) is 2.54. The van der Waals surface area contributed by atoms with Crippen LogP contribution in [0.3, 0.4) is 0 Å². The van der Waals surface area contributed by atoms with Crippen molar-refractivity contribution in [1.82, 2.24) is 10.2 Å². The molecule has 20 heavy (non-hydrogen) atoms. The number of nitrogens with zero attached hydrogens (tertiary/aromatic N) is 1. The molecule has 4 nitrogen and oxygen atoms in total. The average Bonchev–Trinajstić information content (AvgIpc) is 3.02. The van der Waals surface area contributed by atoms with Crippen LogP contribution in [0.2, 0.25) is 0 Å². The molecule has 2 amide bonds. The van der Waals surface area contributed by atoms with Crippen molar-refractivity contribution >= 4 is 11.8 Å². The third kappa shape index (κ3) is 2.13. The van der Waals surface area contributed by atoms with Crippen molar-refractivity contribution in [2.75, 3.05) is 6.54 Å². The van der Waals surface area contributed by atoms with Gasteiger partial charge >= 0.3 is 0 Å². The minimum Gasteiger partial charge on any atom is -0.345 e. The average molecular weight is 278 g/mol. The zero-order valence-electron chi connectivity index (χ0n) is 12.8. The molecule has 1 heterocycles. The molecule has 3 aliphatic rings. The summed E-state index contributed by atoms with van der Waals surface area (Å²) in [6, 6.07) is -0.0818. The third-order valence-electron chi connectivity index (χ3n) is 5.75. The van der Waals surface area contributed by atoms with Crippen LogP contribution in [0.4, 0.5) is 0 Å². The number of carbonyl (C=O) groups excluding carboxylic acids is 2. The molecule has 3 fully saturated rings. The fourth-order valence-electron chi connectivity index (χ4n) is 4.84. The van der Waals surface area contributed by atoms with Gasteiger partial charge in [-0.15, -0.1) is 0 Å². The van der Waals surface area contributed by atoms with Crippen LogP contribution in [0.1, 0.15) is 46.5 Å². The molecular weight excluding hydrogens is 252 g/mol. The summed E-state index contributed by atoms with van der Waals surface area (Å²) in [5, 5.41) is 2.74. The van der Waals surface area contributed by atoms with E-state index in [1.54, 1.807) is 0 Å². The van der Waals surface area contributed by atoms with E-state index in [0.717, 1.165) is 11.8 Å². The first-order chi connectivity index (χ1) is 9.49. The molecule has 2 saturated carbocycles. The van der Waals surface area contributed by atoms with Gasteiger partial charge in [-0.2, -0.15) is 0 Å². The molecule has 5 unspecified atom stereocenters. The lowest BCUT2D eigenvalue weighted by molar-refractivity contribution is -0.151. The number of piperazine rings is 1. The van der Waals surface area contributed by atoms with Crippen molar-refractivity contribution in [1.29, 1.82) is 0 Å². The van der Waals surface area contributed by atoms with Crippen LogP contribution in [0.25, 0.3) is 0 Å². The van der Waals surface area contributed by atoms with Gasteiger partial charge < -0.3 is 10.2 Å². The Bertz CT molecular complexity index is 421. The Balaban J connectivity index is 1.81. The Morgan fingerprint density at radius 3 is 2.45 bits per heavy atom. The number of rotatable bonds is 3. The molecule has 3 rings (SSSR count). The minimum atomic E-state index is -0.287. The summed E-state index contributed by atoms with van der Waals surface area (Å²) in [4.78, 5) is 26.4. The second-order valence-electron chi connectivity index (χ2n) is 7.29. The third-order valence-corrected chi connectivity index (χ3v) is 5.75. The van der Waals surface area contributed by atoms with Crippen LogP contribution in [0, 0.1) is 23.7 Å². The highest BCUT2D eigenvalue weighted by Gasteiger charge is 2.47. The van der Waals surface area contributed by atoms with Gasteiger partial charge in [-0.25, -0.2) is 0 Å². The Hall–Kier alpha value is -1.06. The van der Waals surface area contributed by atoms with E-state index in [0.29, 0.717) is 5.92 Å². The van der Waals surface area contributed by atoms with Gasteiger partial charge in [0.1, 0.15) is 6.04 Å². The standard InChI is InChI=1S/C16H26N2O2/c1-9(2)15-16(20)17-8-14(19)18(15)10(3)13-7-11-4-5-12(13)6-11/h9-13,15H,4-8H2,1-3H3,(H,17,20). The lowest BCUT2D eigenvalue weighted by atomic mass is 9.82. The molecule has 0 aromatic rings. The number of fused-ring (bicyclic) bond motifs is 2. The van der Waals surface area contributed by atoms with Crippen molar-refractivity contribution in [2.45, 2.75) is 58.5 Å². The van der Waals surface area contributed by atoms with E-state index in [1.807, 2.05) is 18.7 Å². The summed E-state index contributed by atoms with van der Waals surface area (Å²) < 4.78 is 0. The zero-order chi connectivity index (χ0) is 14.4. The van der Waals surface area contributed by atoms with E-state index in [1.165, 1.54) is 25.7 Å². The van der Waals surface area contributed by atoms with Crippen molar-refractivity contribution in [3.8, 4) is 0 Å². The van der Waals surface area contributed by atoms with Crippen molar-refractivity contribution in [3.05, 3.63) is 0 Å². The highest BCUT2D eigenvalue weighted by Crippen LogP contribution is 2.50. The summed E-state index contributed by atoms with van der Waals surface area (Å²) in [7, 11) is 0. The van der Waals surface area contributed by atoms with Crippen LogP contribution in [0.5, 0.6) is 0 Å². The quantitative estimate of drug-likeness (QED) is 0.855. The lowest BCUT2D eigenvalue weighted by Gasteiger charge is -2.44. The van der Waals surface area contributed by atoms with Gasteiger partial charge in [0, 0.05) is 6.04 Å². The maximum Gasteiger partial charge on any atom is 0.243 e. The molecule has 1 N–H and O–H groups in total.